The summed E-state index contributed by atoms with van der Waals surface area (Å²) in [6, 6.07) is 4.31. The number of rotatable bonds is 4. The molecule has 3 aliphatic carbocycles. The van der Waals surface area contributed by atoms with Gasteiger partial charge in [-0.05, 0) is 80.0 Å². The van der Waals surface area contributed by atoms with E-state index in [1.54, 1.807) is 0 Å². The van der Waals surface area contributed by atoms with Crippen molar-refractivity contribution in [3.05, 3.63) is 41.2 Å². The Kier molecular flexibility index (Phi) is 2.82. The van der Waals surface area contributed by atoms with Crippen LogP contribution in [0.4, 0.5) is 0 Å². The van der Waals surface area contributed by atoms with Crippen molar-refractivity contribution >= 4 is 11.0 Å². The molecule has 0 aliphatic heterocycles. The highest BCUT2D eigenvalue weighted by Gasteiger charge is 2.62. The van der Waals surface area contributed by atoms with Gasteiger partial charge in [0.1, 0.15) is 5.82 Å². The van der Waals surface area contributed by atoms with Crippen LogP contribution in [0.15, 0.2) is 24.3 Å². The molecule has 2 saturated carbocycles. The molecule has 2 N–H and O–H groups in total. The van der Waals surface area contributed by atoms with E-state index in [0.717, 1.165) is 47.7 Å². The minimum Gasteiger partial charge on any atom is -0.341 e. The second-order valence-corrected chi connectivity index (χ2v) is 7.96. The third-order valence-electron chi connectivity index (χ3n) is 6.77. The number of hydrogen-bond donors (Lipinski definition) is 2. The molecule has 2 bridgehead atoms. The van der Waals surface area contributed by atoms with Gasteiger partial charge in [-0.25, -0.2) is 4.98 Å². The largest absolute Gasteiger partial charge is 0.341 e. The normalized spacial score (nSPS) is 29.9. The number of aromatic nitrogens is 2. The lowest BCUT2D eigenvalue weighted by atomic mass is 9.89. The summed E-state index contributed by atoms with van der Waals surface area (Å²) < 4.78 is 0. The molecule has 3 nitrogen and oxygen atoms in total. The summed E-state index contributed by atoms with van der Waals surface area (Å²) in [7, 11) is 0. The van der Waals surface area contributed by atoms with Crippen LogP contribution in [0.2, 0.25) is 0 Å². The maximum absolute atomic E-state index is 4.79. The smallest absolute Gasteiger partial charge is 0.121 e. The molecule has 120 valence electrons. The number of benzene rings is 1. The molecule has 1 spiro atoms. The zero-order valence-electron chi connectivity index (χ0n) is 14.0. The Morgan fingerprint density at radius 3 is 2.91 bits per heavy atom. The van der Waals surface area contributed by atoms with Gasteiger partial charge in [0, 0.05) is 0 Å². The molecular weight excluding hydrogens is 282 g/mol. The minimum atomic E-state index is 0.709. The predicted molar refractivity (Wildman–Crippen MR) is 93.2 cm³/mol. The van der Waals surface area contributed by atoms with Crippen molar-refractivity contribution < 1.29 is 0 Å². The number of nitrogens with one attached hydrogen (secondary N) is 2. The third-order valence-corrected chi connectivity index (χ3v) is 6.77. The molecule has 3 atom stereocenters. The van der Waals surface area contributed by atoms with E-state index in [1.165, 1.54) is 30.4 Å². The predicted octanol–water partition coefficient (Wildman–Crippen LogP) is 3.87. The highest BCUT2D eigenvalue weighted by atomic mass is 15.0. The van der Waals surface area contributed by atoms with Gasteiger partial charge in [-0.1, -0.05) is 18.2 Å². The molecule has 1 heterocycles. The number of aryl methyl sites for hydroxylation is 2. The van der Waals surface area contributed by atoms with Gasteiger partial charge in [0.05, 0.1) is 17.6 Å². The van der Waals surface area contributed by atoms with Crippen LogP contribution in [0.5, 0.6) is 0 Å². The molecule has 5 rings (SSSR count). The topological polar surface area (TPSA) is 40.7 Å². The highest BCUT2D eigenvalue weighted by Crippen LogP contribution is 2.69. The van der Waals surface area contributed by atoms with Gasteiger partial charge in [-0.15, -0.1) is 0 Å². The van der Waals surface area contributed by atoms with Crippen molar-refractivity contribution in [3.8, 4) is 0 Å². The Balaban J connectivity index is 1.25. The summed E-state index contributed by atoms with van der Waals surface area (Å²) in [5.41, 5.74) is 5.59. The zero-order valence-corrected chi connectivity index (χ0v) is 14.0. The van der Waals surface area contributed by atoms with Crippen LogP contribution in [0.25, 0.3) is 11.0 Å². The van der Waals surface area contributed by atoms with Crippen LogP contribution in [-0.4, -0.2) is 16.5 Å². The highest BCUT2D eigenvalue weighted by molar-refractivity contribution is 5.79. The standard InChI is InChI=1S/C20H25N3/c1-12-3-6-17-19(13(12)2)23-18(22-17)11-21-10-14-9-15-4-5-16(14)20(15)7-8-20/h3-6,14-16,21H,7-11H2,1-2H3,(H,22,23)/t14-,15-,16-/m1/s1. The van der Waals surface area contributed by atoms with E-state index in [1.807, 2.05) is 0 Å². The van der Waals surface area contributed by atoms with Gasteiger partial charge in [0.2, 0.25) is 0 Å². The number of hydrogen-bond acceptors (Lipinski definition) is 2. The molecule has 2 fully saturated rings. The summed E-state index contributed by atoms with van der Waals surface area (Å²) in [6.45, 7) is 6.28. The first-order valence-corrected chi connectivity index (χ1v) is 9.01. The van der Waals surface area contributed by atoms with Crippen molar-refractivity contribution in [1.29, 1.82) is 0 Å². The van der Waals surface area contributed by atoms with Crippen LogP contribution >= 0.6 is 0 Å². The van der Waals surface area contributed by atoms with E-state index in [-0.39, 0.29) is 0 Å². The van der Waals surface area contributed by atoms with Crippen molar-refractivity contribution in [3.63, 3.8) is 0 Å². The van der Waals surface area contributed by atoms with Gasteiger partial charge >= 0.3 is 0 Å². The summed E-state index contributed by atoms with van der Waals surface area (Å²) in [4.78, 5) is 8.26. The first-order valence-electron chi connectivity index (χ1n) is 9.01. The maximum Gasteiger partial charge on any atom is 0.121 e. The number of aromatic amines is 1. The fourth-order valence-corrected chi connectivity index (χ4v) is 5.18. The Morgan fingerprint density at radius 2 is 2.13 bits per heavy atom. The monoisotopic (exact) mass is 307 g/mol. The molecule has 3 heteroatoms. The average Bonchev–Trinajstić information content (AvgIpc) is 3.02. The van der Waals surface area contributed by atoms with Crippen LogP contribution in [0, 0.1) is 37.0 Å². The number of nitrogens with zero attached hydrogens (tertiary/aromatic N) is 1. The summed E-state index contributed by atoms with van der Waals surface area (Å²) in [5, 5.41) is 3.66. The molecule has 1 aromatic heterocycles. The number of H-pyrrole nitrogens is 1. The molecule has 23 heavy (non-hydrogen) atoms. The Labute approximate surface area is 137 Å². The van der Waals surface area contributed by atoms with Crippen LogP contribution in [0.3, 0.4) is 0 Å². The lowest BCUT2D eigenvalue weighted by Gasteiger charge is -2.20. The number of fused-ring (bicyclic) bond motifs is 1. The molecule has 3 aliphatic rings. The molecule has 2 aromatic rings. The first-order chi connectivity index (χ1) is 11.2. The molecule has 0 radical (unpaired) electrons. The van der Waals surface area contributed by atoms with Crippen molar-refractivity contribution in [2.24, 2.45) is 23.2 Å². The lowest BCUT2D eigenvalue weighted by molar-refractivity contribution is 0.350. The van der Waals surface area contributed by atoms with Crippen molar-refractivity contribution in [2.75, 3.05) is 6.54 Å². The van der Waals surface area contributed by atoms with Gasteiger partial charge in [0.15, 0.2) is 0 Å². The van der Waals surface area contributed by atoms with E-state index in [2.05, 4.69) is 48.4 Å². The molecular formula is C20H25N3. The quantitative estimate of drug-likeness (QED) is 0.842. The second kappa shape index (κ2) is 4.70. The van der Waals surface area contributed by atoms with Gasteiger partial charge < -0.3 is 10.3 Å². The van der Waals surface area contributed by atoms with Crippen LogP contribution in [0.1, 0.15) is 36.2 Å². The second-order valence-electron chi connectivity index (χ2n) is 7.96. The average molecular weight is 307 g/mol. The zero-order chi connectivity index (χ0) is 15.6. The summed E-state index contributed by atoms with van der Waals surface area (Å²) >= 11 is 0. The van der Waals surface area contributed by atoms with Crippen LogP contribution < -0.4 is 5.32 Å². The van der Waals surface area contributed by atoms with Crippen molar-refractivity contribution in [1.82, 2.24) is 15.3 Å². The molecule has 1 aromatic carbocycles. The molecule has 0 amide bonds. The molecule has 0 unspecified atom stereocenters. The maximum atomic E-state index is 4.79. The van der Waals surface area contributed by atoms with Gasteiger partial charge in [0.25, 0.3) is 0 Å². The first kappa shape index (κ1) is 13.8. The summed E-state index contributed by atoms with van der Waals surface area (Å²) in [6.07, 6.45) is 9.34. The van der Waals surface area contributed by atoms with E-state index in [9.17, 15) is 0 Å². The van der Waals surface area contributed by atoms with E-state index in [4.69, 9.17) is 4.98 Å². The Bertz CT molecular complexity index is 797. The van der Waals surface area contributed by atoms with Gasteiger partial charge in [-0.3, -0.25) is 0 Å². The Morgan fingerprint density at radius 1 is 1.26 bits per heavy atom. The van der Waals surface area contributed by atoms with Crippen molar-refractivity contribution in [2.45, 2.75) is 39.7 Å². The van der Waals surface area contributed by atoms with E-state index >= 15 is 0 Å². The number of allylic oxidation sites excluding steroid dienone is 2. The van der Waals surface area contributed by atoms with Gasteiger partial charge in [-0.2, -0.15) is 0 Å². The lowest BCUT2D eigenvalue weighted by Crippen LogP contribution is -2.26. The summed E-state index contributed by atoms with van der Waals surface area (Å²) in [5.74, 6) is 3.63. The van der Waals surface area contributed by atoms with E-state index < -0.39 is 0 Å². The third kappa shape index (κ3) is 1.96. The fourth-order valence-electron chi connectivity index (χ4n) is 5.18. The number of imidazole rings is 1. The SMILES string of the molecule is Cc1ccc2[nH]c(CNC[C@H]3C[C@H]4C=C[C@H]3C43CC3)nc2c1C. The fraction of sp³-hybridized carbons (Fsp3) is 0.550. The van der Waals surface area contributed by atoms with Crippen LogP contribution in [-0.2, 0) is 6.54 Å². The Hall–Kier alpha value is -1.61. The minimum absolute atomic E-state index is 0.709. The molecule has 0 saturated heterocycles. The van der Waals surface area contributed by atoms with E-state index in [0.29, 0.717) is 5.41 Å².